The van der Waals surface area contributed by atoms with Gasteiger partial charge in [0.25, 0.3) is 0 Å². The zero-order valence-corrected chi connectivity index (χ0v) is 13.3. The minimum Gasteiger partial charge on any atom is -0.493 e. The molecular formula is C16H16ClN3O2. The Labute approximate surface area is 134 Å². The molecule has 1 aromatic heterocycles. The van der Waals surface area contributed by atoms with E-state index in [9.17, 15) is 0 Å². The van der Waals surface area contributed by atoms with Gasteiger partial charge < -0.3 is 14.8 Å². The van der Waals surface area contributed by atoms with Crippen molar-refractivity contribution in [3.05, 3.63) is 47.8 Å². The van der Waals surface area contributed by atoms with Crippen molar-refractivity contribution in [2.75, 3.05) is 19.5 Å². The molecule has 5 nitrogen and oxygen atoms in total. The number of ether oxygens (including phenoxy) is 2. The van der Waals surface area contributed by atoms with Gasteiger partial charge in [0.15, 0.2) is 11.5 Å². The first-order valence-corrected chi connectivity index (χ1v) is 7.16. The minimum atomic E-state index is -1.09. The maximum atomic E-state index is 6.86. The topological polar surface area (TPSA) is 55.7 Å². The summed E-state index contributed by atoms with van der Waals surface area (Å²) in [5, 5.41) is 3.18. The predicted octanol–water partition coefficient (Wildman–Crippen LogP) is 3.38. The summed E-state index contributed by atoms with van der Waals surface area (Å²) in [4.78, 5) is 7.88. The Morgan fingerprint density at radius 2 is 1.91 bits per heavy atom. The summed E-state index contributed by atoms with van der Waals surface area (Å²) in [7, 11) is 3.18. The van der Waals surface area contributed by atoms with Gasteiger partial charge in [-0.2, -0.15) is 0 Å². The number of alkyl halides is 1. The number of hydrogen-bond donors (Lipinski definition) is 1. The van der Waals surface area contributed by atoms with Crippen molar-refractivity contribution >= 4 is 23.1 Å². The smallest absolute Gasteiger partial charge is 0.204 e. The molecule has 6 heteroatoms. The second kappa shape index (κ2) is 5.50. The molecule has 22 heavy (non-hydrogen) atoms. The molecule has 0 amide bonds. The standard InChI is InChI=1S/C16H16ClN3O2/c1-10-19-12-5-4-8-18-15(12)16(17,20-10)11-6-7-13(21-2)14(9-11)22-3/h4-9H,1-3H3,(H,19,20). The number of halogens is 1. The lowest BCUT2D eigenvalue weighted by molar-refractivity contribution is 0.354. The lowest BCUT2D eigenvalue weighted by atomic mass is 9.99. The Morgan fingerprint density at radius 3 is 2.64 bits per heavy atom. The molecule has 1 aliphatic rings. The fraction of sp³-hybridized carbons (Fsp3) is 0.250. The van der Waals surface area contributed by atoms with Crippen LogP contribution in [0.15, 0.2) is 41.5 Å². The van der Waals surface area contributed by atoms with Crippen molar-refractivity contribution in [2.24, 2.45) is 4.99 Å². The van der Waals surface area contributed by atoms with Crippen molar-refractivity contribution in [3.8, 4) is 11.5 Å². The summed E-state index contributed by atoms with van der Waals surface area (Å²) in [6.45, 7) is 1.87. The third kappa shape index (κ3) is 2.27. The van der Waals surface area contributed by atoms with E-state index in [0.29, 0.717) is 17.2 Å². The SMILES string of the molecule is COc1ccc(C2(Cl)N=C(C)Nc3cccnc32)cc1OC. The number of pyridine rings is 1. The number of methoxy groups -OCH3 is 2. The van der Waals surface area contributed by atoms with Gasteiger partial charge in [0, 0.05) is 11.8 Å². The van der Waals surface area contributed by atoms with Gasteiger partial charge in [-0.05, 0) is 31.2 Å². The maximum Gasteiger partial charge on any atom is 0.204 e. The van der Waals surface area contributed by atoms with Crippen LogP contribution in [0.4, 0.5) is 5.69 Å². The van der Waals surface area contributed by atoms with Crippen molar-refractivity contribution in [2.45, 2.75) is 11.9 Å². The third-order valence-corrected chi connectivity index (χ3v) is 4.01. The van der Waals surface area contributed by atoms with Gasteiger partial charge in [-0.15, -0.1) is 0 Å². The highest BCUT2D eigenvalue weighted by Crippen LogP contribution is 2.45. The first kappa shape index (κ1) is 14.7. The zero-order chi connectivity index (χ0) is 15.7. The van der Waals surface area contributed by atoms with Crippen LogP contribution in [0.5, 0.6) is 11.5 Å². The molecule has 2 aromatic rings. The van der Waals surface area contributed by atoms with Gasteiger partial charge in [-0.1, -0.05) is 17.7 Å². The van der Waals surface area contributed by atoms with E-state index in [2.05, 4.69) is 15.3 Å². The monoisotopic (exact) mass is 317 g/mol. The van der Waals surface area contributed by atoms with E-state index in [1.54, 1.807) is 20.4 Å². The molecule has 1 unspecified atom stereocenters. The molecule has 1 atom stereocenters. The van der Waals surface area contributed by atoms with Gasteiger partial charge in [-0.3, -0.25) is 4.98 Å². The Balaban J connectivity index is 2.19. The van der Waals surface area contributed by atoms with Crippen LogP contribution in [0.25, 0.3) is 0 Å². The predicted molar refractivity (Wildman–Crippen MR) is 87.1 cm³/mol. The number of aliphatic imine (C=N–C) groups is 1. The number of hydrogen-bond acceptors (Lipinski definition) is 5. The van der Waals surface area contributed by atoms with Gasteiger partial charge in [0.1, 0.15) is 11.5 Å². The number of anilines is 1. The summed E-state index contributed by atoms with van der Waals surface area (Å²) >= 11 is 6.86. The fourth-order valence-electron chi connectivity index (χ4n) is 2.52. The van der Waals surface area contributed by atoms with Crippen LogP contribution < -0.4 is 14.8 Å². The van der Waals surface area contributed by atoms with Crippen molar-refractivity contribution < 1.29 is 9.47 Å². The van der Waals surface area contributed by atoms with Crippen molar-refractivity contribution in [1.29, 1.82) is 0 Å². The summed E-state index contributed by atoms with van der Waals surface area (Å²) in [5.41, 5.74) is 2.28. The van der Waals surface area contributed by atoms with E-state index < -0.39 is 5.00 Å². The zero-order valence-electron chi connectivity index (χ0n) is 12.6. The highest BCUT2D eigenvalue weighted by molar-refractivity contribution is 6.27. The molecule has 0 fully saturated rings. The van der Waals surface area contributed by atoms with E-state index in [0.717, 1.165) is 17.1 Å². The van der Waals surface area contributed by atoms with Crippen LogP contribution in [0.3, 0.4) is 0 Å². The molecule has 114 valence electrons. The number of fused-ring (bicyclic) bond motifs is 1. The Bertz CT molecular complexity index is 748. The van der Waals surface area contributed by atoms with Crippen LogP contribution in [-0.4, -0.2) is 25.0 Å². The molecule has 0 bridgehead atoms. The van der Waals surface area contributed by atoms with E-state index in [1.165, 1.54) is 0 Å². The van der Waals surface area contributed by atoms with Crippen LogP contribution in [-0.2, 0) is 5.00 Å². The molecule has 0 spiro atoms. The van der Waals surface area contributed by atoms with E-state index >= 15 is 0 Å². The average molecular weight is 318 g/mol. The Hall–Kier alpha value is -2.27. The number of rotatable bonds is 3. The fourth-order valence-corrected chi connectivity index (χ4v) is 2.92. The normalized spacial score (nSPS) is 19.7. The van der Waals surface area contributed by atoms with Gasteiger partial charge >= 0.3 is 0 Å². The Kier molecular flexibility index (Phi) is 3.66. The third-order valence-electron chi connectivity index (χ3n) is 3.52. The number of benzene rings is 1. The molecular weight excluding hydrogens is 302 g/mol. The molecule has 1 N–H and O–H groups in total. The van der Waals surface area contributed by atoms with E-state index in [1.807, 2.05) is 37.3 Å². The van der Waals surface area contributed by atoms with Crippen LogP contribution >= 0.6 is 11.6 Å². The molecule has 0 aliphatic carbocycles. The molecule has 2 heterocycles. The van der Waals surface area contributed by atoms with Gasteiger partial charge in [0.2, 0.25) is 5.00 Å². The second-order valence-electron chi connectivity index (χ2n) is 4.91. The van der Waals surface area contributed by atoms with Crippen LogP contribution in [0.1, 0.15) is 18.2 Å². The highest BCUT2D eigenvalue weighted by Gasteiger charge is 2.38. The molecule has 0 saturated heterocycles. The average Bonchev–Trinajstić information content (AvgIpc) is 2.54. The largest absolute Gasteiger partial charge is 0.493 e. The molecule has 1 aromatic carbocycles. The molecule has 3 rings (SSSR count). The molecule has 1 aliphatic heterocycles. The number of amidine groups is 1. The van der Waals surface area contributed by atoms with Gasteiger partial charge in [0.05, 0.1) is 19.9 Å². The van der Waals surface area contributed by atoms with E-state index in [-0.39, 0.29) is 0 Å². The lowest BCUT2D eigenvalue weighted by Crippen LogP contribution is -2.29. The molecule has 0 radical (unpaired) electrons. The number of nitrogens with one attached hydrogen (secondary N) is 1. The summed E-state index contributed by atoms with van der Waals surface area (Å²) < 4.78 is 10.6. The highest BCUT2D eigenvalue weighted by atomic mass is 35.5. The number of aromatic nitrogens is 1. The lowest BCUT2D eigenvalue weighted by Gasteiger charge is -2.30. The Morgan fingerprint density at radius 1 is 1.14 bits per heavy atom. The quantitative estimate of drug-likeness (QED) is 0.696. The van der Waals surface area contributed by atoms with Gasteiger partial charge in [-0.25, -0.2) is 4.99 Å². The first-order chi connectivity index (χ1) is 10.6. The minimum absolute atomic E-state index is 0.601. The van der Waals surface area contributed by atoms with Crippen molar-refractivity contribution in [1.82, 2.24) is 4.98 Å². The first-order valence-electron chi connectivity index (χ1n) is 6.79. The van der Waals surface area contributed by atoms with Crippen molar-refractivity contribution in [3.63, 3.8) is 0 Å². The molecule has 0 saturated carbocycles. The number of nitrogens with zero attached hydrogens (tertiary/aromatic N) is 2. The summed E-state index contributed by atoms with van der Waals surface area (Å²) in [6, 6.07) is 9.30. The maximum absolute atomic E-state index is 6.86. The summed E-state index contributed by atoms with van der Waals surface area (Å²) in [5.74, 6) is 1.97. The van der Waals surface area contributed by atoms with E-state index in [4.69, 9.17) is 21.1 Å². The summed E-state index contributed by atoms with van der Waals surface area (Å²) in [6.07, 6.45) is 1.70. The second-order valence-corrected chi connectivity index (χ2v) is 5.46. The van der Waals surface area contributed by atoms with Crippen LogP contribution in [0.2, 0.25) is 0 Å². The van der Waals surface area contributed by atoms with Crippen LogP contribution in [0, 0.1) is 0 Å².